The van der Waals surface area contributed by atoms with Gasteiger partial charge in [-0.1, -0.05) is 43.5 Å². The van der Waals surface area contributed by atoms with E-state index in [4.69, 9.17) is 5.73 Å². The SMILES string of the molecule is NC(=O)[C@H]1[C@@H]2C(=O)N(C3CCCCC3)C(=O)[C@@H]2[C@H]2c3ccccc3C=CN21. The third-order valence-corrected chi connectivity index (χ3v) is 6.73. The summed E-state index contributed by atoms with van der Waals surface area (Å²) in [5.41, 5.74) is 7.73. The van der Waals surface area contributed by atoms with Gasteiger partial charge in [-0.25, -0.2) is 0 Å². The fraction of sp³-hybridized carbons (Fsp3) is 0.476. The second kappa shape index (κ2) is 5.94. The van der Waals surface area contributed by atoms with E-state index in [0.29, 0.717) is 0 Å². The first-order chi connectivity index (χ1) is 13.1. The maximum Gasteiger partial charge on any atom is 0.240 e. The maximum absolute atomic E-state index is 13.4. The Kier molecular flexibility index (Phi) is 3.64. The van der Waals surface area contributed by atoms with Crippen LogP contribution in [0.15, 0.2) is 30.5 Å². The van der Waals surface area contributed by atoms with Gasteiger partial charge in [0.05, 0.1) is 17.9 Å². The highest BCUT2D eigenvalue weighted by Gasteiger charge is 2.64. The summed E-state index contributed by atoms with van der Waals surface area (Å²) in [6.07, 6.45) is 8.71. The summed E-state index contributed by atoms with van der Waals surface area (Å²) in [6.45, 7) is 0. The van der Waals surface area contributed by atoms with E-state index >= 15 is 0 Å². The highest BCUT2D eigenvalue weighted by Crippen LogP contribution is 2.53. The van der Waals surface area contributed by atoms with Crippen molar-refractivity contribution in [1.82, 2.24) is 9.80 Å². The summed E-state index contributed by atoms with van der Waals surface area (Å²) >= 11 is 0. The zero-order valence-electron chi connectivity index (χ0n) is 15.1. The molecule has 0 spiro atoms. The predicted molar refractivity (Wildman–Crippen MR) is 98.7 cm³/mol. The highest BCUT2D eigenvalue weighted by atomic mass is 16.2. The summed E-state index contributed by atoms with van der Waals surface area (Å²) in [5, 5.41) is 0. The van der Waals surface area contributed by atoms with Crippen LogP contribution in [0.3, 0.4) is 0 Å². The Morgan fingerprint density at radius 3 is 2.44 bits per heavy atom. The summed E-state index contributed by atoms with van der Waals surface area (Å²) in [7, 11) is 0. The lowest BCUT2D eigenvalue weighted by molar-refractivity contribution is -0.146. The van der Waals surface area contributed by atoms with E-state index in [1.165, 1.54) is 4.90 Å². The molecule has 27 heavy (non-hydrogen) atoms. The summed E-state index contributed by atoms with van der Waals surface area (Å²) in [6, 6.07) is 6.76. The molecule has 4 aliphatic rings. The number of carbonyl (C=O) groups excluding carboxylic acids is 3. The van der Waals surface area contributed by atoms with Gasteiger partial charge in [-0.15, -0.1) is 0 Å². The second-order valence-electron chi connectivity index (χ2n) is 8.07. The third-order valence-electron chi connectivity index (χ3n) is 6.73. The molecule has 1 aromatic rings. The van der Waals surface area contributed by atoms with Crippen molar-refractivity contribution in [3.05, 3.63) is 41.6 Å². The number of primary amides is 1. The topological polar surface area (TPSA) is 83.7 Å². The number of carbonyl (C=O) groups is 3. The van der Waals surface area contributed by atoms with E-state index < -0.39 is 23.8 Å². The maximum atomic E-state index is 13.4. The first kappa shape index (κ1) is 16.5. The lowest BCUT2D eigenvalue weighted by atomic mass is 9.84. The van der Waals surface area contributed by atoms with Gasteiger partial charge in [0.2, 0.25) is 17.7 Å². The molecule has 6 nitrogen and oxygen atoms in total. The number of likely N-dealkylation sites (tertiary alicyclic amines) is 1. The van der Waals surface area contributed by atoms with Crippen molar-refractivity contribution in [2.24, 2.45) is 17.6 Å². The minimum Gasteiger partial charge on any atom is -0.368 e. The fourth-order valence-electron chi connectivity index (χ4n) is 5.60. The fourth-order valence-corrected chi connectivity index (χ4v) is 5.60. The largest absolute Gasteiger partial charge is 0.368 e. The van der Waals surface area contributed by atoms with Crippen LogP contribution >= 0.6 is 0 Å². The molecule has 0 unspecified atom stereocenters. The number of rotatable bonds is 2. The molecular formula is C21H23N3O3. The van der Waals surface area contributed by atoms with E-state index in [-0.39, 0.29) is 23.9 Å². The van der Waals surface area contributed by atoms with Crippen LogP contribution in [0.1, 0.15) is 49.3 Å². The summed E-state index contributed by atoms with van der Waals surface area (Å²) in [4.78, 5) is 42.4. The molecular weight excluding hydrogens is 342 g/mol. The normalized spacial score (nSPS) is 32.4. The van der Waals surface area contributed by atoms with Crippen LogP contribution in [0.5, 0.6) is 0 Å². The lowest BCUT2D eigenvalue weighted by Crippen LogP contribution is -2.49. The smallest absolute Gasteiger partial charge is 0.240 e. The average Bonchev–Trinajstić information content (AvgIpc) is 3.16. The van der Waals surface area contributed by atoms with Crippen LogP contribution in [0, 0.1) is 11.8 Å². The quantitative estimate of drug-likeness (QED) is 0.810. The number of amides is 3. The Balaban J connectivity index is 1.60. The Morgan fingerprint density at radius 2 is 1.70 bits per heavy atom. The number of benzene rings is 1. The van der Waals surface area contributed by atoms with Crippen molar-refractivity contribution in [2.75, 3.05) is 0 Å². The number of hydrogen-bond donors (Lipinski definition) is 1. The Morgan fingerprint density at radius 1 is 1.00 bits per heavy atom. The Labute approximate surface area is 158 Å². The van der Waals surface area contributed by atoms with Crippen molar-refractivity contribution in [3.63, 3.8) is 0 Å². The van der Waals surface area contributed by atoms with Gasteiger partial charge in [0.1, 0.15) is 6.04 Å². The molecule has 3 heterocycles. The van der Waals surface area contributed by atoms with Gasteiger partial charge in [0, 0.05) is 12.2 Å². The van der Waals surface area contributed by atoms with Crippen LogP contribution in [0.25, 0.3) is 6.08 Å². The van der Waals surface area contributed by atoms with Gasteiger partial charge >= 0.3 is 0 Å². The van der Waals surface area contributed by atoms with Crippen molar-refractivity contribution in [1.29, 1.82) is 0 Å². The minimum absolute atomic E-state index is 0.0271. The first-order valence-electron chi connectivity index (χ1n) is 9.80. The molecule has 2 saturated heterocycles. The minimum atomic E-state index is -0.769. The molecule has 0 bridgehead atoms. The molecule has 0 radical (unpaired) electrons. The molecule has 0 aromatic heterocycles. The zero-order chi connectivity index (χ0) is 18.7. The molecule has 3 aliphatic heterocycles. The van der Waals surface area contributed by atoms with Crippen molar-refractivity contribution in [2.45, 2.75) is 50.2 Å². The Hall–Kier alpha value is -2.63. The van der Waals surface area contributed by atoms with E-state index in [9.17, 15) is 14.4 Å². The average molecular weight is 365 g/mol. The van der Waals surface area contributed by atoms with Gasteiger partial charge < -0.3 is 10.6 Å². The molecule has 2 N–H and O–H groups in total. The zero-order valence-corrected chi connectivity index (χ0v) is 15.1. The standard InChI is InChI=1S/C21H23N3O3/c22-19(25)18-16-15(17-14-9-5-4-6-12(14)10-11-23(17)18)20(26)24(21(16)27)13-7-2-1-3-8-13/h4-6,9-11,13,15-18H,1-3,7-8H2,(H2,22,25)/t15-,16+,17+,18+/m0/s1. The number of hydrogen-bond acceptors (Lipinski definition) is 4. The van der Waals surface area contributed by atoms with Gasteiger partial charge in [-0.05, 0) is 30.0 Å². The van der Waals surface area contributed by atoms with Gasteiger partial charge in [-0.2, -0.15) is 0 Å². The monoisotopic (exact) mass is 365 g/mol. The van der Waals surface area contributed by atoms with Crippen LogP contribution in [-0.2, 0) is 14.4 Å². The number of nitrogens with zero attached hydrogens (tertiary/aromatic N) is 2. The van der Waals surface area contributed by atoms with E-state index in [2.05, 4.69) is 0 Å². The number of fused-ring (bicyclic) bond motifs is 5. The molecule has 1 saturated carbocycles. The van der Waals surface area contributed by atoms with Crippen LogP contribution in [0.2, 0.25) is 0 Å². The molecule has 4 atom stereocenters. The lowest BCUT2D eigenvalue weighted by Gasteiger charge is -2.36. The van der Waals surface area contributed by atoms with E-state index in [0.717, 1.165) is 43.2 Å². The molecule has 140 valence electrons. The van der Waals surface area contributed by atoms with Crippen molar-refractivity contribution < 1.29 is 14.4 Å². The molecule has 1 aliphatic carbocycles. The summed E-state index contributed by atoms with van der Waals surface area (Å²) < 4.78 is 0. The number of imide groups is 1. The van der Waals surface area contributed by atoms with Gasteiger partial charge in [0.15, 0.2) is 0 Å². The van der Waals surface area contributed by atoms with Crippen LogP contribution in [0.4, 0.5) is 0 Å². The molecule has 3 fully saturated rings. The highest BCUT2D eigenvalue weighted by molar-refractivity contribution is 6.09. The first-order valence-corrected chi connectivity index (χ1v) is 9.80. The van der Waals surface area contributed by atoms with Crippen LogP contribution < -0.4 is 5.73 Å². The summed E-state index contributed by atoms with van der Waals surface area (Å²) in [5.74, 6) is -2.09. The van der Waals surface area contributed by atoms with Crippen molar-refractivity contribution >= 4 is 23.8 Å². The number of nitrogens with two attached hydrogens (primary N) is 1. The van der Waals surface area contributed by atoms with Crippen LogP contribution in [-0.4, -0.2) is 39.6 Å². The van der Waals surface area contributed by atoms with E-state index in [1.54, 1.807) is 0 Å². The van der Waals surface area contributed by atoms with Gasteiger partial charge in [-0.3, -0.25) is 19.3 Å². The molecule has 5 rings (SSSR count). The Bertz CT molecular complexity index is 858. The second-order valence-corrected chi connectivity index (χ2v) is 8.07. The third kappa shape index (κ3) is 2.22. The molecule has 1 aromatic carbocycles. The van der Waals surface area contributed by atoms with Crippen molar-refractivity contribution in [3.8, 4) is 0 Å². The predicted octanol–water partition coefficient (Wildman–Crippen LogP) is 1.82. The molecule has 6 heteroatoms. The van der Waals surface area contributed by atoms with Gasteiger partial charge in [0.25, 0.3) is 0 Å². The van der Waals surface area contributed by atoms with E-state index in [1.807, 2.05) is 41.4 Å². The molecule has 3 amide bonds.